The fraction of sp³-hybridized carbons (Fsp3) is 0.633. The molecule has 1 unspecified atom stereocenters. The fourth-order valence-corrected chi connectivity index (χ4v) is 5.18. The number of esters is 1. The monoisotopic (exact) mass is 588 g/mol. The Morgan fingerprint density at radius 2 is 1.83 bits per heavy atom. The predicted molar refractivity (Wildman–Crippen MR) is 155 cm³/mol. The maximum Gasteiger partial charge on any atom is 0.412 e. The molecule has 12 heteroatoms. The van der Waals surface area contributed by atoms with E-state index in [0.29, 0.717) is 42.8 Å². The second-order valence-electron chi connectivity index (χ2n) is 11.3. The highest BCUT2D eigenvalue weighted by atomic mass is 16.7. The highest BCUT2D eigenvalue weighted by Crippen LogP contribution is 2.38. The molecule has 0 bridgehead atoms. The molecule has 2 heterocycles. The van der Waals surface area contributed by atoms with Gasteiger partial charge in [0.2, 0.25) is 12.2 Å². The lowest BCUT2D eigenvalue weighted by atomic mass is 9.99. The third kappa shape index (κ3) is 7.71. The summed E-state index contributed by atoms with van der Waals surface area (Å²) in [5, 5.41) is 2.79. The van der Waals surface area contributed by atoms with Crippen molar-refractivity contribution >= 4 is 35.5 Å². The van der Waals surface area contributed by atoms with Gasteiger partial charge in [0.05, 0.1) is 11.7 Å². The molecule has 0 spiro atoms. The maximum absolute atomic E-state index is 14.0. The highest BCUT2D eigenvalue weighted by molar-refractivity contribution is 6.04. The highest BCUT2D eigenvalue weighted by Gasteiger charge is 2.41. The molecule has 2 aliphatic rings. The Hall–Kier alpha value is -3.83. The Bertz CT molecular complexity index is 1180. The van der Waals surface area contributed by atoms with E-state index in [2.05, 4.69) is 5.32 Å². The molecular formula is C30H44N4O8. The van der Waals surface area contributed by atoms with E-state index >= 15 is 0 Å². The van der Waals surface area contributed by atoms with E-state index in [1.54, 1.807) is 55.7 Å². The number of rotatable bonds is 10. The van der Waals surface area contributed by atoms with Crippen molar-refractivity contribution in [2.75, 3.05) is 31.1 Å². The van der Waals surface area contributed by atoms with Crippen LogP contribution in [0.3, 0.4) is 0 Å². The number of fused-ring (bicyclic) bond motifs is 1. The zero-order chi connectivity index (χ0) is 31.2. The van der Waals surface area contributed by atoms with E-state index in [9.17, 15) is 24.0 Å². The van der Waals surface area contributed by atoms with Crippen molar-refractivity contribution in [2.45, 2.75) is 98.1 Å². The summed E-state index contributed by atoms with van der Waals surface area (Å²) in [6, 6.07) is 4.56. The van der Waals surface area contributed by atoms with Crippen molar-refractivity contribution in [2.24, 2.45) is 0 Å². The van der Waals surface area contributed by atoms with Crippen LogP contribution in [0.1, 0.15) is 84.5 Å². The van der Waals surface area contributed by atoms with Gasteiger partial charge in [-0.25, -0.2) is 4.79 Å². The molecule has 1 aromatic rings. The molecule has 1 fully saturated rings. The number of anilines is 1. The smallest absolute Gasteiger partial charge is 0.412 e. The first-order chi connectivity index (χ1) is 19.8. The number of hydrogen-bond donors (Lipinski definition) is 1. The third-order valence-electron chi connectivity index (χ3n) is 7.29. The van der Waals surface area contributed by atoms with Crippen LogP contribution in [0.15, 0.2) is 18.2 Å². The second-order valence-corrected chi connectivity index (χ2v) is 11.3. The summed E-state index contributed by atoms with van der Waals surface area (Å²) >= 11 is 0. The number of ether oxygens (including phenoxy) is 3. The molecule has 0 saturated carbocycles. The Kier molecular flexibility index (Phi) is 10.8. The molecule has 1 aromatic carbocycles. The quantitative estimate of drug-likeness (QED) is 0.324. The first kappa shape index (κ1) is 32.7. The van der Waals surface area contributed by atoms with Gasteiger partial charge in [0, 0.05) is 57.5 Å². The largest absolute Gasteiger partial charge is 0.476 e. The number of nitrogens with zero attached hydrogens (tertiary/aromatic N) is 3. The van der Waals surface area contributed by atoms with Gasteiger partial charge in [-0.2, -0.15) is 0 Å². The second kappa shape index (κ2) is 13.9. The van der Waals surface area contributed by atoms with E-state index in [1.807, 2.05) is 13.8 Å². The number of likely N-dealkylation sites (tertiary alicyclic amines) is 1. The van der Waals surface area contributed by atoms with E-state index in [4.69, 9.17) is 14.2 Å². The van der Waals surface area contributed by atoms with Gasteiger partial charge in [0.1, 0.15) is 5.75 Å². The van der Waals surface area contributed by atoms with Crippen LogP contribution in [0.25, 0.3) is 0 Å². The normalized spacial score (nSPS) is 18.5. The van der Waals surface area contributed by atoms with Crippen LogP contribution in [0.5, 0.6) is 5.75 Å². The molecular weight excluding hydrogens is 544 g/mol. The van der Waals surface area contributed by atoms with Gasteiger partial charge >= 0.3 is 12.1 Å². The first-order valence-electron chi connectivity index (χ1n) is 14.7. The van der Waals surface area contributed by atoms with E-state index in [0.717, 1.165) is 0 Å². The molecule has 4 amide bonds. The predicted octanol–water partition coefficient (Wildman–Crippen LogP) is 3.47. The number of nitrogens with one attached hydrogen (secondary N) is 1. The molecule has 232 valence electrons. The van der Waals surface area contributed by atoms with Crippen molar-refractivity contribution in [1.29, 1.82) is 0 Å². The van der Waals surface area contributed by atoms with Crippen molar-refractivity contribution in [3.05, 3.63) is 23.8 Å². The lowest BCUT2D eigenvalue weighted by Crippen LogP contribution is -2.55. The van der Waals surface area contributed by atoms with E-state index < -0.39 is 24.0 Å². The van der Waals surface area contributed by atoms with Crippen molar-refractivity contribution in [3.8, 4) is 5.75 Å². The SMILES string of the molecule is CCC(=O)NCCN1C(=O)C(C)(C)Oc2ccc(C(=O)N(C(C)C)[C@@H]3CCCN(C(=O)OC(C)OC(=O)CC)C3)cc21. The van der Waals surface area contributed by atoms with Gasteiger partial charge in [-0.05, 0) is 58.7 Å². The van der Waals surface area contributed by atoms with Crippen LogP contribution < -0.4 is 15.0 Å². The lowest BCUT2D eigenvalue weighted by molar-refractivity contribution is -0.166. The van der Waals surface area contributed by atoms with Crippen molar-refractivity contribution < 1.29 is 38.2 Å². The number of carbonyl (C=O) groups is 5. The summed E-state index contributed by atoms with van der Waals surface area (Å²) in [5.41, 5.74) is -0.269. The van der Waals surface area contributed by atoms with Crippen LogP contribution in [0.2, 0.25) is 0 Å². The standard InChI is InChI=1S/C30H44N4O8/c1-8-25(35)31-14-16-33-23-17-21(12-13-24(23)42-30(6,7)28(33)38)27(37)34(19(3)4)22-11-10-15-32(18-22)29(39)41-20(5)40-26(36)9-2/h12-13,17,19-20,22H,8-11,14-16,18H2,1-7H3,(H,31,35)/t20?,22-/m1/s1. The average molecular weight is 589 g/mol. The molecule has 1 N–H and O–H groups in total. The maximum atomic E-state index is 14.0. The van der Waals surface area contributed by atoms with Gasteiger partial charge in [0.15, 0.2) is 5.60 Å². The Morgan fingerprint density at radius 3 is 2.48 bits per heavy atom. The average Bonchev–Trinajstić information content (AvgIpc) is 2.94. The molecule has 1 saturated heterocycles. The number of hydrogen-bond acceptors (Lipinski definition) is 8. The van der Waals surface area contributed by atoms with Gasteiger partial charge < -0.3 is 34.2 Å². The van der Waals surface area contributed by atoms with Crippen LogP contribution in [0.4, 0.5) is 10.5 Å². The molecule has 2 atom stereocenters. The van der Waals surface area contributed by atoms with Gasteiger partial charge in [0.25, 0.3) is 11.8 Å². The van der Waals surface area contributed by atoms with Gasteiger partial charge in [-0.15, -0.1) is 0 Å². The van der Waals surface area contributed by atoms with Crippen LogP contribution >= 0.6 is 0 Å². The van der Waals surface area contributed by atoms with Crippen LogP contribution in [-0.4, -0.2) is 89.7 Å². The minimum Gasteiger partial charge on any atom is -0.476 e. The Morgan fingerprint density at radius 1 is 1.12 bits per heavy atom. The third-order valence-corrected chi connectivity index (χ3v) is 7.29. The number of carbonyl (C=O) groups excluding carboxylic acids is 5. The summed E-state index contributed by atoms with van der Waals surface area (Å²) in [6.07, 6.45) is 0.246. The zero-order valence-corrected chi connectivity index (χ0v) is 25.7. The van der Waals surface area contributed by atoms with Crippen LogP contribution in [0, 0.1) is 0 Å². The number of benzene rings is 1. The molecule has 42 heavy (non-hydrogen) atoms. The summed E-state index contributed by atoms with van der Waals surface area (Å²) in [5.74, 6) is -0.624. The molecule has 3 rings (SSSR count). The molecule has 12 nitrogen and oxygen atoms in total. The Balaban J connectivity index is 1.81. The number of amides is 4. The summed E-state index contributed by atoms with van der Waals surface area (Å²) in [6.45, 7) is 13.3. The molecule has 2 aliphatic heterocycles. The minimum atomic E-state index is -1.11. The summed E-state index contributed by atoms with van der Waals surface area (Å²) in [7, 11) is 0. The minimum absolute atomic E-state index is 0.117. The molecule has 0 aromatic heterocycles. The summed E-state index contributed by atoms with van der Waals surface area (Å²) < 4.78 is 16.3. The van der Waals surface area contributed by atoms with E-state index in [-0.39, 0.29) is 55.9 Å². The molecule has 0 aliphatic carbocycles. The van der Waals surface area contributed by atoms with Crippen molar-refractivity contribution in [1.82, 2.24) is 15.1 Å². The fourth-order valence-electron chi connectivity index (χ4n) is 5.18. The van der Waals surface area contributed by atoms with Crippen molar-refractivity contribution in [3.63, 3.8) is 0 Å². The van der Waals surface area contributed by atoms with Crippen LogP contribution in [-0.2, 0) is 23.9 Å². The Labute approximate surface area is 247 Å². The lowest BCUT2D eigenvalue weighted by Gasteiger charge is -2.42. The summed E-state index contributed by atoms with van der Waals surface area (Å²) in [4.78, 5) is 68.2. The first-order valence-corrected chi connectivity index (χ1v) is 14.7. The number of piperidine rings is 1. The zero-order valence-electron chi connectivity index (χ0n) is 25.7. The van der Waals surface area contributed by atoms with Gasteiger partial charge in [-0.3, -0.25) is 19.2 Å². The van der Waals surface area contributed by atoms with E-state index in [1.165, 1.54) is 11.8 Å². The van der Waals surface area contributed by atoms with Gasteiger partial charge in [-0.1, -0.05) is 13.8 Å². The molecule has 0 radical (unpaired) electrons. The topological polar surface area (TPSA) is 135 Å².